The number of benzene rings is 1. The molecule has 1 atom stereocenters. The van der Waals surface area contributed by atoms with Crippen molar-refractivity contribution in [1.82, 2.24) is 10.2 Å². The second kappa shape index (κ2) is 11.6. The largest absolute Gasteiger partial charge is 0.467 e. The maximum atomic E-state index is 13.2. The van der Waals surface area contributed by atoms with Gasteiger partial charge in [0.15, 0.2) is 11.4 Å². The molecule has 1 aliphatic carbocycles. The summed E-state index contributed by atoms with van der Waals surface area (Å²) in [5.74, 6) is -0.371. The number of nitrogens with one attached hydrogen (secondary N) is 1. The van der Waals surface area contributed by atoms with Crippen molar-refractivity contribution in [3.05, 3.63) is 65.0 Å². The van der Waals surface area contributed by atoms with Gasteiger partial charge in [-0.2, -0.15) is 0 Å². The van der Waals surface area contributed by atoms with Crippen LogP contribution in [0.1, 0.15) is 60.5 Å². The fourth-order valence-electron chi connectivity index (χ4n) is 4.51. The third-order valence-electron chi connectivity index (χ3n) is 6.08. The van der Waals surface area contributed by atoms with Gasteiger partial charge in [-0.3, -0.25) is 4.79 Å². The molecule has 1 aliphatic heterocycles. The maximum Gasteiger partial charge on any atom is 0.407 e. The molecule has 2 aliphatic rings. The molecule has 0 fully saturated rings. The average molecular weight is 525 g/mol. The van der Waals surface area contributed by atoms with Crippen LogP contribution in [-0.4, -0.2) is 60.3 Å². The first-order valence-corrected chi connectivity index (χ1v) is 13.0. The summed E-state index contributed by atoms with van der Waals surface area (Å²) in [6, 6.07) is 9.86. The Bertz CT molecular complexity index is 1150. The number of allylic oxidation sites excluding steroid dienone is 3. The molecule has 0 saturated carbocycles. The molecule has 1 aromatic rings. The van der Waals surface area contributed by atoms with Crippen molar-refractivity contribution in [2.24, 2.45) is 5.92 Å². The van der Waals surface area contributed by atoms with E-state index in [1.54, 1.807) is 19.9 Å². The predicted octanol–water partition coefficient (Wildman–Crippen LogP) is 5.01. The van der Waals surface area contributed by atoms with Gasteiger partial charge in [-0.15, -0.1) is 0 Å². The number of alkyl carbamates (subject to hydrolysis) is 1. The molecule has 1 unspecified atom stereocenters. The Morgan fingerprint density at radius 2 is 1.76 bits per heavy atom. The van der Waals surface area contributed by atoms with Crippen LogP contribution in [0.5, 0.6) is 0 Å². The minimum absolute atomic E-state index is 0.135. The first-order valence-electron chi connectivity index (χ1n) is 13.0. The number of esters is 1. The van der Waals surface area contributed by atoms with Gasteiger partial charge in [-0.1, -0.05) is 44.2 Å². The SMILES string of the molecule is COC(=O)C(C)(C)OC1C=C2C(=CN(CC(C)C)C(CNC(=O)OC(C)(C)C)=C2c2ccccc2)CC1=O. The number of ether oxygens (including phenoxy) is 3. The number of methoxy groups -OCH3 is 1. The molecule has 3 rings (SSSR count). The van der Waals surface area contributed by atoms with E-state index in [1.165, 1.54) is 7.11 Å². The highest BCUT2D eigenvalue weighted by Crippen LogP contribution is 2.42. The monoisotopic (exact) mass is 524 g/mol. The number of carbonyl (C=O) groups is 3. The van der Waals surface area contributed by atoms with Crippen LogP contribution in [0.25, 0.3) is 5.57 Å². The summed E-state index contributed by atoms with van der Waals surface area (Å²) < 4.78 is 16.4. The van der Waals surface area contributed by atoms with Gasteiger partial charge < -0.3 is 24.4 Å². The number of carbonyl (C=O) groups excluding carboxylic acids is 3. The Balaban J connectivity index is 2.12. The lowest BCUT2D eigenvalue weighted by atomic mass is 9.81. The number of fused-ring (bicyclic) bond motifs is 1. The van der Waals surface area contributed by atoms with Crippen LogP contribution in [0.2, 0.25) is 0 Å². The highest BCUT2D eigenvalue weighted by Gasteiger charge is 2.39. The van der Waals surface area contributed by atoms with Crippen molar-refractivity contribution in [2.75, 3.05) is 20.2 Å². The summed E-state index contributed by atoms with van der Waals surface area (Å²) >= 11 is 0. The Morgan fingerprint density at radius 3 is 2.34 bits per heavy atom. The van der Waals surface area contributed by atoms with E-state index >= 15 is 0 Å². The topological polar surface area (TPSA) is 94.2 Å². The number of hydrogen-bond acceptors (Lipinski definition) is 7. The molecule has 206 valence electrons. The van der Waals surface area contributed by atoms with E-state index < -0.39 is 29.4 Å². The van der Waals surface area contributed by atoms with E-state index in [0.29, 0.717) is 12.5 Å². The van der Waals surface area contributed by atoms with Gasteiger partial charge in [0.2, 0.25) is 0 Å². The lowest BCUT2D eigenvalue weighted by Gasteiger charge is -2.38. The number of Topliss-reactive ketones (excluding diaryl/α,β-unsaturated/α-hetero) is 1. The van der Waals surface area contributed by atoms with E-state index in [9.17, 15) is 14.4 Å². The van der Waals surface area contributed by atoms with Crippen molar-refractivity contribution >= 4 is 23.4 Å². The van der Waals surface area contributed by atoms with E-state index in [2.05, 4.69) is 24.1 Å². The van der Waals surface area contributed by atoms with Crippen LogP contribution < -0.4 is 5.32 Å². The van der Waals surface area contributed by atoms with Gasteiger partial charge in [0.05, 0.1) is 13.7 Å². The fraction of sp³-hybridized carbons (Fsp3) is 0.500. The van der Waals surface area contributed by atoms with Crippen LogP contribution in [0.3, 0.4) is 0 Å². The van der Waals surface area contributed by atoms with Gasteiger partial charge >= 0.3 is 12.1 Å². The maximum absolute atomic E-state index is 13.2. The molecule has 0 aromatic heterocycles. The molecule has 1 amide bonds. The molecular weight excluding hydrogens is 484 g/mol. The van der Waals surface area contributed by atoms with Crippen LogP contribution in [0, 0.1) is 5.92 Å². The van der Waals surface area contributed by atoms with Gasteiger partial charge in [-0.05, 0) is 63.3 Å². The highest BCUT2D eigenvalue weighted by molar-refractivity contribution is 5.97. The fourth-order valence-corrected chi connectivity index (χ4v) is 4.51. The second-order valence-corrected chi connectivity index (χ2v) is 11.5. The summed E-state index contributed by atoms with van der Waals surface area (Å²) in [5.41, 5.74) is 2.51. The lowest BCUT2D eigenvalue weighted by molar-refractivity contribution is -0.171. The van der Waals surface area contributed by atoms with Crippen molar-refractivity contribution < 1.29 is 28.6 Å². The molecule has 8 nitrogen and oxygen atoms in total. The molecule has 0 bridgehead atoms. The minimum atomic E-state index is -1.30. The molecular formula is C30H40N2O6. The van der Waals surface area contributed by atoms with E-state index in [0.717, 1.165) is 28.0 Å². The van der Waals surface area contributed by atoms with Gasteiger partial charge in [0.1, 0.15) is 11.7 Å². The van der Waals surface area contributed by atoms with Gasteiger partial charge in [0, 0.05) is 30.4 Å². The van der Waals surface area contributed by atoms with Crippen molar-refractivity contribution in [3.63, 3.8) is 0 Å². The molecule has 1 N–H and O–H groups in total. The predicted molar refractivity (Wildman–Crippen MR) is 146 cm³/mol. The number of nitrogens with zero attached hydrogens (tertiary/aromatic N) is 1. The zero-order valence-electron chi connectivity index (χ0n) is 23.7. The first kappa shape index (κ1) is 29.2. The lowest BCUT2D eigenvalue weighted by Crippen LogP contribution is -2.43. The minimum Gasteiger partial charge on any atom is -0.467 e. The Morgan fingerprint density at radius 1 is 1.11 bits per heavy atom. The number of rotatable bonds is 8. The third kappa shape index (κ3) is 7.13. The Hall–Kier alpha value is -3.39. The number of hydrogen-bond donors (Lipinski definition) is 1. The van der Waals surface area contributed by atoms with Crippen molar-refractivity contribution in [3.8, 4) is 0 Å². The van der Waals surface area contributed by atoms with Crippen molar-refractivity contribution in [1.29, 1.82) is 0 Å². The molecule has 0 radical (unpaired) electrons. The second-order valence-electron chi connectivity index (χ2n) is 11.5. The van der Waals surface area contributed by atoms with E-state index in [-0.39, 0.29) is 18.7 Å². The van der Waals surface area contributed by atoms with Crippen LogP contribution in [-0.2, 0) is 23.8 Å². The molecule has 1 aromatic carbocycles. The van der Waals surface area contributed by atoms with E-state index in [4.69, 9.17) is 14.2 Å². The number of amides is 1. The Labute approximate surface area is 225 Å². The summed E-state index contributed by atoms with van der Waals surface area (Å²) in [6.45, 7) is 13.8. The smallest absolute Gasteiger partial charge is 0.407 e. The van der Waals surface area contributed by atoms with Crippen LogP contribution >= 0.6 is 0 Å². The normalized spacial score (nSPS) is 18.1. The van der Waals surface area contributed by atoms with Gasteiger partial charge in [0.25, 0.3) is 0 Å². The van der Waals surface area contributed by atoms with Gasteiger partial charge in [-0.25, -0.2) is 9.59 Å². The zero-order valence-corrected chi connectivity index (χ0v) is 23.7. The molecule has 0 saturated heterocycles. The quantitative estimate of drug-likeness (QED) is 0.478. The van der Waals surface area contributed by atoms with Crippen molar-refractivity contribution in [2.45, 2.75) is 72.2 Å². The van der Waals surface area contributed by atoms with E-state index in [1.807, 2.05) is 57.3 Å². The van der Waals surface area contributed by atoms with Crippen LogP contribution in [0.4, 0.5) is 4.79 Å². The first-order chi connectivity index (χ1) is 17.7. The Kier molecular flexibility index (Phi) is 8.87. The molecule has 0 spiro atoms. The summed E-state index contributed by atoms with van der Waals surface area (Å²) in [5, 5.41) is 2.91. The van der Waals surface area contributed by atoms with Crippen LogP contribution in [0.15, 0.2) is 59.5 Å². The number of ketones is 1. The molecule has 38 heavy (non-hydrogen) atoms. The third-order valence-corrected chi connectivity index (χ3v) is 6.08. The summed E-state index contributed by atoms with van der Waals surface area (Å²) in [4.78, 5) is 40.1. The average Bonchev–Trinajstić information content (AvgIpc) is 2.81. The zero-order chi connectivity index (χ0) is 28.3. The standard InChI is InChI=1S/C30H40N2O6/c1-19(2)17-32-18-21-14-24(33)25(37-30(6,7)27(34)36-8)15-22(21)26(20-12-10-9-11-13-20)23(32)16-31-28(35)38-29(3,4)5/h9-13,15,18-19,25H,14,16-17H2,1-8H3,(H,31,35). The molecule has 8 heteroatoms. The molecule has 1 heterocycles. The highest BCUT2D eigenvalue weighted by atomic mass is 16.6. The summed E-state index contributed by atoms with van der Waals surface area (Å²) in [6.07, 6.45) is 2.50. The summed E-state index contributed by atoms with van der Waals surface area (Å²) in [7, 11) is 1.29.